The molecule has 0 aromatic heterocycles. The normalized spacial score (nSPS) is 12.1. The highest BCUT2D eigenvalue weighted by Crippen LogP contribution is 2.35. The highest BCUT2D eigenvalue weighted by Gasteiger charge is 2.33. The number of rotatable bonds is 0. The van der Waals surface area contributed by atoms with Gasteiger partial charge in [0.15, 0.2) is 5.78 Å². The van der Waals surface area contributed by atoms with Crippen LogP contribution in [0, 0.1) is 0 Å². The summed E-state index contributed by atoms with van der Waals surface area (Å²) in [6.07, 6.45) is 0. The van der Waals surface area contributed by atoms with Gasteiger partial charge < -0.3 is 15.9 Å². The number of fused-ring (bicyclic) bond motifs is 2. The lowest BCUT2D eigenvalue weighted by atomic mass is 9.83. The summed E-state index contributed by atoms with van der Waals surface area (Å²) in [6, 6.07) is 8.68. The molecular formula is C15H13NO4. The van der Waals surface area contributed by atoms with E-state index in [2.05, 4.69) is 5.73 Å². The van der Waals surface area contributed by atoms with Crippen molar-refractivity contribution >= 4 is 11.6 Å². The second-order valence-corrected chi connectivity index (χ2v) is 4.06. The fraction of sp³-hybridized carbons (Fsp3) is 0.0667. The van der Waals surface area contributed by atoms with Crippen molar-refractivity contribution in [3.05, 3.63) is 58.7 Å². The van der Waals surface area contributed by atoms with E-state index >= 15 is 0 Å². The predicted molar refractivity (Wildman–Crippen MR) is 73.2 cm³/mol. The lowest BCUT2D eigenvalue weighted by molar-refractivity contribution is 0.0974. The number of hydrogen-bond donors (Lipinski definition) is 3. The first-order valence-electron chi connectivity index (χ1n) is 5.92. The molecule has 5 heteroatoms. The summed E-state index contributed by atoms with van der Waals surface area (Å²) in [5.74, 6) is -1.40. The van der Waals surface area contributed by atoms with Crippen LogP contribution in [-0.2, 0) is 0 Å². The van der Waals surface area contributed by atoms with Gasteiger partial charge >= 0.3 is 0 Å². The maximum Gasteiger partial charge on any atom is 0.201 e. The molecule has 0 bridgehead atoms. The minimum atomic E-state index is -0.532. The van der Waals surface area contributed by atoms with Crippen LogP contribution in [0.25, 0.3) is 0 Å². The van der Waals surface area contributed by atoms with Crippen LogP contribution in [0.4, 0.5) is 0 Å². The van der Waals surface area contributed by atoms with Gasteiger partial charge in [0.2, 0.25) is 5.78 Å². The van der Waals surface area contributed by atoms with Gasteiger partial charge in [0.05, 0.1) is 11.1 Å². The van der Waals surface area contributed by atoms with Gasteiger partial charge in [-0.25, -0.2) is 0 Å². The van der Waals surface area contributed by atoms with Crippen LogP contribution in [-0.4, -0.2) is 28.8 Å². The van der Waals surface area contributed by atoms with Crippen LogP contribution in [0.5, 0.6) is 11.5 Å². The second-order valence-electron chi connectivity index (χ2n) is 4.06. The van der Waals surface area contributed by atoms with E-state index in [-0.39, 0.29) is 39.5 Å². The minimum absolute atomic E-state index is 0.0449. The van der Waals surface area contributed by atoms with Gasteiger partial charge in [0.25, 0.3) is 0 Å². The Labute approximate surface area is 115 Å². The Bertz CT molecular complexity index is 650. The molecule has 0 spiro atoms. The molecule has 0 saturated heterocycles. The van der Waals surface area contributed by atoms with Crippen LogP contribution in [0.15, 0.2) is 36.4 Å². The first-order valence-corrected chi connectivity index (χ1v) is 5.92. The van der Waals surface area contributed by atoms with Crippen molar-refractivity contribution in [1.29, 1.82) is 0 Å². The molecule has 0 saturated carbocycles. The van der Waals surface area contributed by atoms with Crippen LogP contribution < -0.4 is 5.73 Å². The van der Waals surface area contributed by atoms with Gasteiger partial charge in [-0.05, 0) is 19.2 Å². The Morgan fingerprint density at radius 1 is 0.750 bits per heavy atom. The van der Waals surface area contributed by atoms with Gasteiger partial charge in [0.1, 0.15) is 11.5 Å². The van der Waals surface area contributed by atoms with Crippen molar-refractivity contribution < 1.29 is 19.8 Å². The van der Waals surface area contributed by atoms with E-state index in [9.17, 15) is 19.8 Å². The molecule has 0 radical (unpaired) electrons. The van der Waals surface area contributed by atoms with Crippen molar-refractivity contribution in [3.63, 3.8) is 0 Å². The molecule has 0 fully saturated rings. The Balaban J connectivity index is 0.000000704. The zero-order valence-corrected chi connectivity index (χ0v) is 10.8. The van der Waals surface area contributed by atoms with Crippen molar-refractivity contribution in [2.45, 2.75) is 0 Å². The molecule has 1 aliphatic carbocycles. The fourth-order valence-electron chi connectivity index (χ4n) is 2.21. The lowest BCUT2D eigenvalue weighted by Gasteiger charge is -2.18. The molecule has 20 heavy (non-hydrogen) atoms. The molecule has 102 valence electrons. The third-order valence-electron chi connectivity index (χ3n) is 3.03. The molecule has 0 heterocycles. The summed E-state index contributed by atoms with van der Waals surface area (Å²) in [6.45, 7) is 0. The summed E-state index contributed by atoms with van der Waals surface area (Å²) in [7, 11) is 1.50. The number of hydrogen-bond acceptors (Lipinski definition) is 5. The molecule has 0 amide bonds. The highest BCUT2D eigenvalue weighted by atomic mass is 16.3. The van der Waals surface area contributed by atoms with Crippen molar-refractivity contribution in [3.8, 4) is 11.5 Å². The zero-order valence-electron chi connectivity index (χ0n) is 10.8. The maximum absolute atomic E-state index is 12.2. The quantitative estimate of drug-likeness (QED) is 0.574. The molecule has 0 atom stereocenters. The minimum Gasteiger partial charge on any atom is -0.507 e. The smallest absolute Gasteiger partial charge is 0.201 e. The van der Waals surface area contributed by atoms with E-state index < -0.39 is 5.78 Å². The van der Waals surface area contributed by atoms with Gasteiger partial charge in [-0.3, -0.25) is 9.59 Å². The fourth-order valence-corrected chi connectivity index (χ4v) is 2.21. The largest absolute Gasteiger partial charge is 0.507 e. The molecule has 3 rings (SSSR count). The first-order chi connectivity index (χ1) is 9.61. The van der Waals surface area contributed by atoms with Gasteiger partial charge in [-0.2, -0.15) is 0 Å². The molecule has 1 aliphatic rings. The molecule has 4 N–H and O–H groups in total. The van der Waals surface area contributed by atoms with E-state index in [4.69, 9.17) is 0 Å². The first kappa shape index (κ1) is 13.8. The van der Waals surface area contributed by atoms with E-state index in [1.165, 1.54) is 43.4 Å². The Hall–Kier alpha value is -2.66. The molecule has 5 nitrogen and oxygen atoms in total. The van der Waals surface area contributed by atoms with E-state index in [0.717, 1.165) is 0 Å². The van der Waals surface area contributed by atoms with Crippen molar-refractivity contribution in [2.24, 2.45) is 5.73 Å². The maximum atomic E-state index is 12.2. The number of ketones is 2. The number of benzene rings is 2. The standard InChI is InChI=1S/C14H8O4.CH5N/c15-9-5-1-3-7-11(9)14(18)12-8(13(7)17)4-2-6-10(12)16;1-2/h1-6,15-16H;2H2,1H3. The molecule has 0 aliphatic heterocycles. The Morgan fingerprint density at radius 3 is 1.55 bits per heavy atom. The SMILES string of the molecule is CN.O=C1c2cccc(O)c2C(=O)c2c(O)cccc21. The molecule has 2 aromatic rings. The van der Waals surface area contributed by atoms with Gasteiger partial charge in [0, 0.05) is 11.1 Å². The average molecular weight is 271 g/mol. The summed E-state index contributed by atoms with van der Waals surface area (Å²) in [5.41, 5.74) is 4.74. The second kappa shape index (κ2) is 5.14. The Kier molecular flexibility index (Phi) is 3.54. The van der Waals surface area contributed by atoms with Crippen molar-refractivity contribution in [2.75, 3.05) is 7.05 Å². The zero-order chi connectivity index (χ0) is 14.9. The number of aromatic hydroxyl groups is 2. The molecular weight excluding hydrogens is 258 g/mol. The summed E-state index contributed by atoms with van der Waals surface area (Å²) < 4.78 is 0. The van der Waals surface area contributed by atoms with E-state index in [0.29, 0.717) is 0 Å². The number of phenols is 2. The number of nitrogens with two attached hydrogens (primary N) is 1. The molecule has 2 aromatic carbocycles. The van der Waals surface area contributed by atoms with E-state index in [1.807, 2.05) is 0 Å². The highest BCUT2D eigenvalue weighted by molar-refractivity contribution is 6.30. The van der Waals surface area contributed by atoms with Crippen LogP contribution in [0.3, 0.4) is 0 Å². The Morgan fingerprint density at radius 2 is 1.15 bits per heavy atom. The van der Waals surface area contributed by atoms with E-state index in [1.54, 1.807) is 0 Å². The van der Waals surface area contributed by atoms with Gasteiger partial charge in [-0.1, -0.05) is 24.3 Å². The van der Waals surface area contributed by atoms with Crippen molar-refractivity contribution in [1.82, 2.24) is 0 Å². The third kappa shape index (κ3) is 1.85. The number of carbonyl (C=O) groups excluding carboxylic acids is 2. The summed E-state index contributed by atoms with van der Waals surface area (Å²) >= 11 is 0. The van der Waals surface area contributed by atoms with Crippen LogP contribution in [0.2, 0.25) is 0 Å². The summed E-state index contributed by atoms with van der Waals surface area (Å²) in [5, 5.41) is 19.4. The number of carbonyl (C=O) groups is 2. The summed E-state index contributed by atoms with van der Waals surface area (Å²) in [4.78, 5) is 24.4. The monoisotopic (exact) mass is 271 g/mol. The predicted octanol–water partition coefficient (Wildman–Crippen LogP) is 1.45. The average Bonchev–Trinajstić information content (AvgIpc) is 2.46. The third-order valence-corrected chi connectivity index (χ3v) is 3.03. The van der Waals surface area contributed by atoms with Crippen LogP contribution >= 0.6 is 0 Å². The van der Waals surface area contributed by atoms with Crippen LogP contribution in [0.1, 0.15) is 31.8 Å². The molecule has 0 unspecified atom stereocenters. The topological polar surface area (TPSA) is 101 Å². The number of phenolic OH excluding ortho intramolecular Hbond substituents is 2. The van der Waals surface area contributed by atoms with Gasteiger partial charge in [-0.15, -0.1) is 0 Å². The lowest BCUT2D eigenvalue weighted by Crippen LogP contribution is -2.20.